The Hall–Kier alpha value is -2.02. The summed E-state index contributed by atoms with van der Waals surface area (Å²) in [7, 11) is 1.63. The van der Waals surface area contributed by atoms with Crippen LogP contribution in [0.5, 0.6) is 0 Å². The van der Waals surface area contributed by atoms with Crippen molar-refractivity contribution in [1.29, 1.82) is 0 Å². The Bertz CT molecular complexity index is 576. The van der Waals surface area contributed by atoms with E-state index < -0.39 is 0 Å². The Morgan fingerprint density at radius 2 is 2.22 bits per heavy atom. The van der Waals surface area contributed by atoms with Crippen LogP contribution in [0.1, 0.15) is 42.4 Å². The highest BCUT2D eigenvalue weighted by atomic mass is 16.2. The van der Waals surface area contributed by atoms with Gasteiger partial charge in [-0.15, -0.1) is 0 Å². The quantitative estimate of drug-likeness (QED) is 0.803. The number of hydrogen-bond acceptors (Lipinski definition) is 5. The van der Waals surface area contributed by atoms with Gasteiger partial charge in [0.1, 0.15) is 5.82 Å². The third kappa shape index (κ3) is 4.72. The summed E-state index contributed by atoms with van der Waals surface area (Å²) < 4.78 is 0. The molecule has 7 heteroatoms. The second-order valence-corrected chi connectivity index (χ2v) is 5.89. The molecular weight excluding hydrogens is 294 g/mol. The summed E-state index contributed by atoms with van der Waals surface area (Å²) in [6.07, 6.45) is 2.95. The average Bonchev–Trinajstić information content (AvgIpc) is 2.58. The molecular formula is C16H25N5O2. The molecule has 0 aliphatic carbocycles. The van der Waals surface area contributed by atoms with Gasteiger partial charge < -0.3 is 16.0 Å². The van der Waals surface area contributed by atoms with Crippen molar-refractivity contribution in [2.75, 3.05) is 26.7 Å². The zero-order valence-corrected chi connectivity index (χ0v) is 13.8. The smallest absolute Gasteiger partial charge is 0.236 e. The summed E-state index contributed by atoms with van der Waals surface area (Å²) in [6, 6.07) is 1.97. The molecule has 1 aliphatic rings. The lowest BCUT2D eigenvalue weighted by molar-refractivity contribution is -0.130. The van der Waals surface area contributed by atoms with Crippen molar-refractivity contribution in [3.05, 3.63) is 23.3 Å². The van der Waals surface area contributed by atoms with Gasteiger partial charge in [0.2, 0.25) is 11.8 Å². The maximum Gasteiger partial charge on any atom is 0.236 e. The van der Waals surface area contributed by atoms with Crippen LogP contribution in [0.3, 0.4) is 0 Å². The van der Waals surface area contributed by atoms with Crippen molar-refractivity contribution in [3.63, 3.8) is 0 Å². The van der Waals surface area contributed by atoms with Crippen LogP contribution in [0.2, 0.25) is 0 Å². The summed E-state index contributed by atoms with van der Waals surface area (Å²) in [5.41, 5.74) is 7.29. The minimum Gasteiger partial charge on any atom is -0.359 e. The van der Waals surface area contributed by atoms with Gasteiger partial charge in [0.15, 0.2) is 0 Å². The molecule has 7 nitrogen and oxygen atoms in total. The predicted molar refractivity (Wildman–Crippen MR) is 86.8 cm³/mol. The summed E-state index contributed by atoms with van der Waals surface area (Å²) in [5, 5.41) is 2.61. The first-order chi connectivity index (χ1) is 11.0. The molecule has 126 valence electrons. The molecule has 2 rings (SSSR count). The van der Waals surface area contributed by atoms with Gasteiger partial charge in [-0.1, -0.05) is 0 Å². The lowest BCUT2D eigenvalue weighted by atomic mass is 9.93. The Morgan fingerprint density at radius 1 is 1.43 bits per heavy atom. The van der Waals surface area contributed by atoms with Gasteiger partial charge in [0, 0.05) is 43.9 Å². The van der Waals surface area contributed by atoms with Crippen LogP contribution < -0.4 is 11.1 Å². The molecule has 2 amide bonds. The number of likely N-dealkylation sites (tertiary alicyclic amines) is 1. The number of aromatic nitrogens is 2. The van der Waals surface area contributed by atoms with Gasteiger partial charge in [0.25, 0.3) is 0 Å². The fourth-order valence-corrected chi connectivity index (χ4v) is 2.93. The molecule has 23 heavy (non-hydrogen) atoms. The summed E-state index contributed by atoms with van der Waals surface area (Å²) in [6.45, 7) is 3.33. The number of hydrogen-bond donors (Lipinski definition) is 2. The minimum absolute atomic E-state index is 0.000185. The predicted octanol–water partition coefficient (Wildman–Crippen LogP) is 0.128. The van der Waals surface area contributed by atoms with E-state index in [-0.39, 0.29) is 24.3 Å². The van der Waals surface area contributed by atoms with E-state index in [4.69, 9.17) is 5.73 Å². The molecule has 3 N–H and O–H groups in total. The summed E-state index contributed by atoms with van der Waals surface area (Å²) >= 11 is 0. The number of nitrogens with zero attached hydrogens (tertiary/aromatic N) is 3. The molecule has 0 bridgehead atoms. The number of carbonyl (C=O) groups is 2. The van der Waals surface area contributed by atoms with Crippen molar-refractivity contribution in [1.82, 2.24) is 20.2 Å². The van der Waals surface area contributed by atoms with Crippen molar-refractivity contribution in [2.45, 2.75) is 38.5 Å². The molecule has 1 fully saturated rings. The lowest BCUT2D eigenvalue weighted by Crippen LogP contribution is -2.42. The number of amides is 2. The molecule has 1 atom stereocenters. The molecule has 0 unspecified atom stereocenters. The number of piperidine rings is 1. The standard InChI is InChI=1S/C16H25N5O2/c1-11-19-13(5-6-15(22)18-2)8-14(20-11)12-4-3-7-21(10-12)16(23)9-17/h8,12H,3-7,9-10,17H2,1-2H3,(H,18,22)/t12-/m1/s1. The molecule has 0 saturated carbocycles. The molecule has 1 saturated heterocycles. The van der Waals surface area contributed by atoms with Crippen LogP contribution in [0.4, 0.5) is 0 Å². The Balaban J connectivity index is 2.10. The van der Waals surface area contributed by atoms with E-state index in [1.807, 2.05) is 17.9 Å². The first-order valence-electron chi connectivity index (χ1n) is 8.06. The molecule has 1 aliphatic heterocycles. The van der Waals surface area contributed by atoms with E-state index in [0.29, 0.717) is 25.2 Å². The van der Waals surface area contributed by atoms with E-state index in [9.17, 15) is 9.59 Å². The first-order valence-corrected chi connectivity index (χ1v) is 8.06. The monoisotopic (exact) mass is 319 g/mol. The van der Waals surface area contributed by atoms with Gasteiger partial charge in [-0.3, -0.25) is 9.59 Å². The second-order valence-electron chi connectivity index (χ2n) is 5.89. The summed E-state index contributed by atoms with van der Waals surface area (Å²) in [4.78, 5) is 34.0. The second kappa shape index (κ2) is 8.01. The Labute approximate surface area is 136 Å². The molecule has 2 heterocycles. The van der Waals surface area contributed by atoms with Gasteiger partial charge in [-0.25, -0.2) is 9.97 Å². The highest BCUT2D eigenvalue weighted by Crippen LogP contribution is 2.26. The Morgan fingerprint density at radius 3 is 2.91 bits per heavy atom. The molecule has 1 aromatic heterocycles. The van der Waals surface area contributed by atoms with Gasteiger partial charge in [0.05, 0.1) is 6.54 Å². The van der Waals surface area contributed by atoms with E-state index in [1.165, 1.54) is 0 Å². The van der Waals surface area contributed by atoms with Crippen molar-refractivity contribution >= 4 is 11.8 Å². The fraction of sp³-hybridized carbons (Fsp3) is 0.625. The minimum atomic E-state index is -0.0136. The molecule has 0 spiro atoms. The number of aryl methyl sites for hydroxylation is 2. The van der Waals surface area contributed by atoms with E-state index in [1.54, 1.807) is 7.05 Å². The Kier molecular flexibility index (Phi) is 6.04. The maximum atomic E-state index is 11.8. The molecule has 0 aromatic carbocycles. The van der Waals surface area contributed by atoms with Crippen molar-refractivity contribution < 1.29 is 9.59 Å². The fourth-order valence-electron chi connectivity index (χ4n) is 2.93. The van der Waals surface area contributed by atoms with Crippen molar-refractivity contribution in [3.8, 4) is 0 Å². The average molecular weight is 319 g/mol. The molecule has 1 aromatic rings. The zero-order chi connectivity index (χ0) is 16.8. The number of nitrogens with one attached hydrogen (secondary N) is 1. The normalized spacial score (nSPS) is 17.9. The van der Waals surface area contributed by atoms with Crippen LogP contribution in [0, 0.1) is 6.92 Å². The van der Waals surface area contributed by atoms with Crippen LogP contribution in [0.25, 0.3) is 0 Å². The summed E-state index contributed by atoms with van der Waals surface area (Å²) in [5.74, 6) is 0.900. The first kappa shape index (κ1) is 17.3. The van der Waals surface area contributed by atoms with E-state index >= 15 is 0 Å². The zero-order valence-electron chi connectivity index (χ0n) is 13.8. The topological polar surface area (TPSA) is 101 Å². The largest absolute Gasteiger partial charge is 0.359 e. The van der Waals surface area contributed by atoms with Gasteiger partial charge in [-0.05, 0) is 32.3 Å². The van der Waals surface area contributed by atoms with E-state index in [0.717, 1.165) is 30.8 Å². The van der Waals surface area contributed by atoms with E-state index in [2.05, 4.69) is 15.3 Å². The van der Waals surface area contributed by atoms with Crippen LogP contribution >= 0.6 is 0 Å². The lowest BCUT2D eigenvalue weighted by Gasteiger charge is -2.32. The number of nitrogens with two attached hydrogens (primary N) is 1. The third-order valence-electron chi connectivity index (χ3n) is 4.16. The number of carbonyl (C=O) groups excluding carboxylic acids is 2. The maximum absolute atomic E-state index is 11.8. The molecule has 0 radical (unpaired) electrons. The van der Waals surface area contributed by atoms with Crippen LogP contribution in [0.15, 0.2) is 6.07 Å². The highest BCUT2D eigenvalue weighted by molar-refractivity contribution is 5.78. The van der Waals surface area contributed by atoms with Gasteiger partial charge >= 0.3 is 0 Å². The van der Waals surface area contributed by atoms with Crippen LogP contribution in [-0.2, 0) is 16.0 Å². The SMILES string of the molecule is CNC(=O)CCc1cc([C@@H]2CCCN(C(=O)CN)C2)nc(C)n1. The van der Waals surface area contributed by atoms with Crippen molar-refractivity contribution in [2.24, 2.45) is 5.73 Å². The van der Waals surface area contributed by atoms with Gasteiger partial charge in [-0.2, -0.15) is 0 Å². The highest BCUT2D eigenvalue weighted by Gasteiger charge is 2.25. The third-order valence-corrected chi connectivity index (χ3v) is 4.16. The number of rotatable bonds is 5. The van der Waals surface area contributed by atoms with Crippen LogP contribution in [-0.4, -0.2) is 53.4 Å².